The van der Waals surface area contributed by atoms with E-state index in [1.165, 1.54) is 10.7 Å². The van der Waals surface area contributed by atoms with E-state index in [-0.39, 0.29) is 37.9 Å². The number of rotatable bonds is 3. The number of fused-ring (bicyclic) bond motifs is 1. The highest BCUT2D eigenvalue weighted by Gasteiger charge is 2.33. The Labute approximate surface area is 209 Å². The van der Waals surface area contributed by atoms with Gasteiger partial charge in [0.05, 0.1) is 10.7 Å². The van der Waals surface area contributed by atoms with E-state index in [2.05, 4.69) is 15.1 Å². The second kappa shape index (κ2) is 9.17. The van der Waals surface area contributed by atoms with Crippen LogP contribution in [0.4, 0.5) is 27.9 Å². The number of hydrogen-bond acceptors (Lipinski definition) is 5. The summed E-state index contributed by atoms with van der Waals surface area (Å²) < 4.78 is 70.0. The first-order valence-electron chi connectivity index (χ1n) is 10.4. The first-order chi connectivity index (χ1) is 17.2. The molecule has 0 radical (unpaired) electrons. The molecular formula is C22H13Cl2F5N6O. The lowest BCUT2D eigenvalue weighted by Crippen LogP contribution is -2.49. The van der Waals surface area contributed by atoms with Crippen LogP contribution < -0.4 is 4.90 Å². The van der Waals surface area contributed by atoms with Gasteiger partial charge in [-0.3, -0.25) is 4.79 Å². The highest BCUT2D eigenvalue weighted by atomic mass is 35.5. The van der Waals surface area contributed by atoms with Crippen LogP contribution in [0.5, 0.6) is 0 Å². The van der Waals surface area contributed by atoms with Crippen molar-refractivity contribution in [3.05, 3.63) is 75.2 Å². The first-order valence-corrected chi connectivity index (χ1v) is 11.2. The number of aromatic nitrogens is 4. The van der Waals surface area contributed by atoms with Crippen LogP contribution in [-0.4, -0.2) is 56.6 Å². The zero-order chi connectivity index (χ0) is 25.7. The van der Waals surface area contributed by atoms with E-state index in [1.807, 2.05) is 0 Å². The number of piperazine rings is 1. The summed E-state index contributed by atoms with van der Waals surface area (Å²) in [5, 5.41) is 5.38. The Bertz CT molecular complexity index is 1490. The van der Waals surface area contributed by atoms with Crippen molar-refractivity contribution in [2.24, 2.45) is 0 Å². The molecule has 2 aromatic heterocycles. The number of hydrogen-bond donors (Lipinski definition) is 0. The summed E-state index contributed by atoms with van der Waals surface area (Å²) in [6, 6.07) is 6.64. The van der Waals surface area contributed by atoms with Crippen molar-refractivity contribution in [3.63, 3.8) is 0 Å². The van der Waals surface area contributed by atoms with Crippen molar-refractivity contribution >= 4 is 40.8 Å². The standard InChI is InChI=1S/C22H13Cl2F5N6O/c23-10-1-2-12(24)11(9-10)13-3-4-30-21-31-22(32-35(13)21)34-7-5-33(6-8-34)20(36)14-15(25)17(27)19(29)18(28)16(14)26/h1-4,9H,5-8H2. The lowest BCUT2D eigenvalue weighted by Gasteiger charge is -2.34. The molecule has 1 aliphatic rings. The Kier molecular flexibility index (Phi) is 6.17. The average molecular weight is 543 g/mol. The summed E-state index contributed by atoms with van der Waals surface area (Å²) in [7, 11) is 0. The summed E-state index contributed by atoms with van der Waals surface area (Å²) in [5.74, 6) is -11.8. The third-order valence-electron chi connectivity index (χ3n) is 5.71. The first kappa shape index (κ1) is 24.2. The van der Waals surface area contributed by atoms with Gasteiger partial charge in [0.1, 0.15) is 5.56 Å². The van der Waals surface area contributed by atoms with Crippen LogP contribution in [0.2, 0.25) is 10.0 Å². The number of amides is 1. The number of halogens is 7. The van der Waals surface area contributed by atoms with Gasteiger partial charge in [-0.05, 0) is 24.3 Å². The maximum absolute atomic E-state index is 14.1. The molecule has 0 saturated carbocycles. The maximum Gasteiger partial charge on any atom is 0.260 e. The fourth-order valence-electron chi connectivity index (χ4n) is 3.88. The monoisotopic (exact) mass is 542 g/mol. The smallest absolute Gasteiger partial charge is 0.260 e. The molecule has 186 valence electrons. The second-order valence-electron chi connectivity index (χ2n) is 7.80. The predicted molar refractivity (Wildman–Crippen MR) is 121 cm³/mol. The van der Waals surface area contributed by atoms with Crippen molar-refractivity contribution in [2.75, 3.05) is 31.1 Å². The SMILES string of the molecule is O=C(c1c(F)c(F)c(F)c(F)c1F)N1CCN(c2nc3nccc(-c4cc(Cl)ccc4Cl)n3n2)CC1. The summed E-state index contributed by atoms with van der Waals surface area (Å²) in [5.41, 5.74) is -0.310. The predicted octanol–water partition coefficient (Wildman–Crippen LogP) is 4.76. The summed E-state index contributed by atoms with van der Waals surface area (Å²) in [6.07, 6.45) is 1.53. The van der Waals surface area contributed by atoms with Crippen LogP contribution in [0.25, 0.3) is 17.0 Å². The fraction of sp³-hybridized carbons (Fsp3) is 0.182. The minimum absolute atomic E-state index is 0.0751. The van der Waals surface area contributed by atoms with Crippen LogP contribution in [0, 0.1) is 29.1 Å². The molecule has 14 heteroatoms. The lowest BCUT2D eigenvalue weighted by atomic mass is 10.1. The van der Waals surface area contributed by atoms with E-state index >= 15 is 0 Å². The molecule has 7 nitrogen and oxygen atoms in total. The van der Waals surface area contributed by atoms with Crippen molar-refractivity contribution in [1.29, 1.82) is 0 Å². The summed E-state index contributed by atoms with van der Waals surface area (Å²) in [4.78, 5) is 23.9. The molecule has 0 bridgehead atoms. The molecule has 0 atom stereocenters. The Morgan fingerprint density at radius 3 is 2.17 bits per heavy atom. The van der Waals surface area contributed by atoms with Gasteiger partial charge in [-0.2, -0.15) is 9.50 Å². The maximum atomic E-state index is 14.1. The van der Waals surface area contributed by atoms with Gasteiger partial charge in [0.2, 0.25) is 11.8 Å². The van der Waals surface area contributed by atoms with Crippen molar-refractivity contribution in [3.8, 4) is 11.3 Å². The Balaban J connectivity index is 1.39. The van der Waals surface area contributed by atoms with Crippen LogP contribution in [0.1, 0.15) is 10.4 Å². The van der Waals surface area contributed by atoms with Crippen LogP contribution in [0.15, 0.2) is 30.5 Å². The van der Waals surface area contributed by atoms with Gasteiger partial charge < -0.3 is 9.80 Å². The Morgan fingerprint density at radius 2 is 1.50 bits per heavy atom. The number of nitrogens with zero attached hydrogens (tertiary/aromatic N) is 6. The van der Waals surface area contributed by atoms with Crippen LogP contribution >= 0.6 is 23.2 Å². The van der Waals surface area contributed by atoms with Crippen molar-refractivity contribution in [1.82, 2.24) is 24.5 Å². The van der Waals surface area contributed by atoms with Gasteiger partial charge in [-0.25, -0.2) is 26.9 Å². The summed E-state index contributed by atoms with van der Waals surface area (Å²) in [6.45, 7) is 0.110. The zero-order valence-electron chi connectivity index (χ0n) is 18.0. The number of benzene rings is 2. The van der Waals surface area contributed by atoms with Crippen molar-refractivity contribution in [2.45, 2.75) is 0 Å². The average Bonchev–Trinajstić information content (AvgIpc) is 3.32. The molecule has 0 aliphatic carbocycles. The molecule has 1 aliphatic heterocycles. The Hall–Kier alpha value is -3.51. The molecule has 1 amide bonds. The van der Waals surface area contributed by atoms with E-state index in [0.717, 1.165) is 4.90 Å². The van der Waals surface area contributed by atoms with E-state index < -0.39 is 40.6 Å². The van der Waals surface area contributed by atoms with E-state index in [1.54, 1.807) is 29.2 Å². The molecule has 5 rings (SSSR count). The Morgan fingerprint density at radius 1 is 0.861 bits per heavy atom. The van der Waals surface area contributed by atoms with E-state index in [0.29, 0.717) is 21.3 Å². The highest BCUT2D eigenvalue weighted by Crippen LogP contribution is 2.31. The van der Waals surface area contributed by atoms with Gasteiger partial charge in [-0.1, -0.05) is 23.2 Å². The number of carbonyl (C=O) groups is 1. The second-order valence-corrected chi connectivity index (χ2v) is 8.65. The van der Waals surface area contributed by atoms with Crippen LogP contribution in [-0.2, 0) is 0 Å². The molecule has 2 aromatic carbocycles. The molecule has 3 heterocycles. The molecule has 1 fully saturated rings. The normalized spacial score (nSPS) is 14.1. The third kappa shape index (κ3) is 3.99. The molecule has 4 aromatic rings. The van der Waals surface area contributed by atoms with Gasteiger partial charge in [0, 0.05) is 43.0 Å². The van der Waals surface area contributed by atoms with E-state index in [4.69, 9.17) is 23.2 Å². The molecule has 36 heavy (non-hydrogen) atoms. The number of carbonyl (C=O) groups excluding carboxylic acids is 1. The fourth-order valence-corrected chi connectivity index (χ4v) is 4.26. The van der Waals surface area contributed by atoms with Gasteiger partial charge in [-0.15, -0.1) is 5.10 Å². The van der Waals surface area contributed by atoms with E-state index in [9.17, 15) is 26.7 Å². The van der Waals surface area contributed by atoms with Crippen molar-refractivity contribution < 1.29 is 26.7 Å². The van der Waals surface area contributed by atoms with Gasteiger partial charge in [0.15, 0.2) is 23.3 Å². The van der Waals surface area contributed by atoms with Gasteiger partial charge >= 0.3 is 0 Å². The molecule has 0 N–H and O–H groups in total. The zero-order valence-corrected chi connectivity index (χ0v) is 19.5. The summed E-state index contributed by atoms with van der Waals surface area (Å²) >= 11 is 12.4. The molecule has 0 spiro atoms. The topological polar surface area (TPSA) is 66.6 Å². The minimum atomic E-state index is -2.32. The molecule has 1 saturated heterocycles. The highest BCUT2D eigenvalue weighted by molar-refractivity contribution is 6.35. The van der Waals surface area contributed by atoms with Gasteiger partial charge in [0.25, 0.3) is 11.7 Å². The third-order valence-corrected chi connectivity index (χ3v) is 6.27. The molecule has 0 unspecified atom stereocenters. The quantitative estimate of drug-likeness (QED) is 0.212. The van der Waals surface area contributed by atoms with Crippen LogP contribution in [0.3, 0.4) is 0 Å². The minimum Gasteiger partial charge on any atom is -0.336 e. The molecular weight excluding hydrogens is 530 g/mol. The number of anilines is 1. The lowest BCUT2D eigenvalue weighted by molar-refractivity contribution is 0.0733. The largest absolute Gasteiger partial charge is 0.336 e.